The van der Waals surface area contributed by atoms with Crippen molar-refractivity contribution in [1.29, 1.82) is 0 Å². The Kier molecular flexibility index (Phi) is 5.61. The molecule has 0 aromatic heterocycles. The molecule has 0 radical (unpaired) electrons. The van der Waals surface area contributed by atoms with E-state index in [-0.39, 0.29) is 5.91 Å². The summed E-state index contributed by atoms with van der Waals surface area (Å²) in [6.45, 7) is 1.93. The van der Waals surface area contributed by atoms with Gasteiger partial charge < -0.3 is 20.5 Å². The highest BCUT2D eigenvalue weighted by Crippen LogP contribution is 1.87. The van der Waals surface area contributed by atoms with Gasteiger partial charge in [-0.15, -0.1) is 0 Å². The van der Waals surface area contributed by atoms with Gasteiger partial charge in [0.1, 0.15) is 0 Å². The highest BCUT2D eigenvalue weighted by Gasteiger charge is 2.10. The molecule has 1 amide bonds. The number of nitrogens with two attached hydrogens (primary N) is 1. The Bertz CT molecular complexity index is 135. The van der Waals surface area contributed by atoms with Crippen LogP contribution in [0.25, 0.3) is 0 Å². The molecule has 0 aromatic carbocycles. The zero-order valence-corrected chi connectivity index (χ0v) is 7.66. The van der Waals surface area contributed by atoms with Crippen LogP contribution >= 0.6 is 0 Å². The number of nitrogens with one attached hydrogen (secondary N) is 1. The van der Waals surface area contributed by atoms with Crippen LogP contribution < -0.4 is 11.1 Å². The second kappa shape index (κ2) is 5.93. The molecule has 5 nitrogen and oxygen atoms in total. The van der Waals surface area contributed by atoms with E-state index in [1.54, 1.807) is 6.92 Å². The van der Waals surface area contributed by atoms with Gasteiger partial charge in [-0.25, -0.2) is 0 Å². The fourth-order valence-corrected chi connectivity index (χ4v) is 0.608. The van der Waals surface area contributed by atoms with Crippen LogP contribution in [0.15, 0.2) is 0 Å². The van der Waals surface area contributed by atoms with Gasteiger partial charge in [-0.2, -0.15) is 0 Å². The summed E-state index contributed by atoms with van der Waals surface area (Å²) < 4.78 is 9.70. The monoisotopic (exact) mass is 176 g/mol. The highest BCUT2D eigenvalue weighted by molar-refractivity contribution is 5.80. The van der Waals surface area contributed by atoms with Crippen LogP contribution in [0.1, 0.15) is 6.92 Å². The van der Waals surface area contributed by atoms with E-state index in [9.17, 15) is 4.79 Å². The summed E-state index contributed by atoms with van der Waals surface area (Å²) in [5.74, 6) is -0.214. The Labute approximate surface area is 72.2 Å². The molecular formula is C7H16N2O3. The lowest BCUT2D eigenvalue weighted by molar-refractivity contribution is -0.128. The van der Waals surface area contributed by atoms with Crippen molar-refractivity contribution in [3.63, 3.8) is 0 Å². The minimum Gasteiger partial charge on any atom is -0.354 e. The second-order valence-electron chi connectivity index (χ2n) is 2.43. The number of amides is 1. The molecule has 0 unspecified atom stereocenters. The lowest BCUT2D eigenvalue weighted by Gasteiger charge is -2.14. The van der Waals surface area contributed by atoms with E-state index in [1.165, 1.54) is 14.2 Å². The highest BCUT2D eigenvalue weighted by atomic mass is 16.7. The normalized spacial score (nSPS) is 13.1. The Morgan fingerprint density at radius 2 is 2.00 bits per heavy atom. The van der Waals surface area contributed by atoms with Crippen molar-refractivity contribution in [2.45, 2.75) is 19.3 Å². The molecular weight excluding hydrogens is 160 g/mol. The quantitative estimate of drug-likeness (QED) is 0.531. The molecule has 0 aliphatic carbocycles. The van der Waals surface area contributed by atoms with Gasteiger partial charge in [0, 0.05) is 14.2 Å². The molecule has 0 spiro atoms. The molecule has 0 saturated heterocycles. The minimum atomic E-state index is -0.501. The van der Waals surface area contributed by atoms with Crippen LogP contribution in [0.3, 0.4) is 0 Å². The van der Waals surface area contributed by atoms with Crippen molar-refractivity contribution < 1.29 is 14.3 Å². The lowest BCUT2D eigenvalue weighted by Crippen LogP contribution is -2.42. The van der Waals surface area contributed by atoms with Gasteiger partial charge in [-0.1, -0.05) is 0 Å². The van der Waals surface area contributed by atoms with Gasteiger partial charge in [0.05, 0.1) is 12.6 Å². The maximum Gasteiger partial charge on any atom is 0.236 e. The molecule has 3 N–H and O–H groups in total. The van der Waals surface area contributed by atoms with E-state index < -0.39 is 12.3 Å². The summed E-state index contributed by atoms with van der Waals surface area (Å²) in [7, 11) is 3.01. The van der Waals surface area contributed by atoms with Gasteiger partial charge >= 0.3 is 0 Å². The largest absolute Gasteiger partial charge is 0.354 e. The third-order valence-electron chi connectivity index (χ3n) is 1.38. The van der Waals surface area contributed by atoms with E-state index >= 15 is 0 Å². The lowest BCUT2D eigenvalue weighted by atomic mass is 10.3. The zero-order chi connectivity index (χ0) is 9.56. The number of hydrogen-bond donors (Lipinski definition) is 2. The molecule has 0 fully saturated rings. The average molecular weight is 176 g/mol. The first-order chi connectivity index (χ1) is 5.61. The topological polar surface area (TPSA) is 73.6 Å². The number of methoxy groups -OCH3 is 2. The first-order valence-corrected chi connectivity index (χ1v) is 3.70. The molecule has 0 heterocycles. The molecule has 72 valence electrons. The summed E-state index contributed by atoms with van der Waals surface area (Å²) in [6.07, 6.45) is -0.410. The average Bonchev–Trinajstić information content (AvgIpc) is 2.05. The fraction of sp³-hybridized carbons (Fsp3) is 0.857. The van der Waals surface area contributed by atoms with Gasteiger partial charge in [-0.3, -0.25) is 4.79 Å². The molecule has 0 bridgehead atoms. The maximum absolute atomic E-state index is 10.9. The summed E-state index contributed by atoms with van der Waals surface area (Å²) in [4.78, 5) is 10.9. The maximum atomic E-state index is 10.9. The van der Waals surface area contributed by atoms with E-state index in [4.69, 9.17) is 15.2 Å². The first-order valence-electron chi connectivity index (χ1n) is 3.70. The first kappa shape index (κ1) is 11.4. The summed E-state index contributed by atoms with van der Waals surface area (Å²) in [6, 6.07) is -0.501. The molecule has 12 heavy (non-hydrogen) atoms. The minimum absolute atomic E-state index is 0.214. The van der Waals surface area contributed by atoms with Gasteiger partial charge in [0.15, 0.2) is 6.29 Å². The Balaban J connectivity index is 3.59. The molecule has 0 aromatic rings. The van der Waals surface area contributed by atoms with Crippen molar-refractivity contribution in [3.05, 3.63) is 0 Å². The summed E-state index contributed by atoms with van der Waals surface area (Å²) in [5, 5.41) is 2.57. The smallest absolute Gasteiger partial charge is 0.236 e. The van der Waals surface area contributed by atoms with E-state index in [0.717, 1.165) is 0 Å². The Hall–Kier alpha value is -0.650. The fourth-order valence-electron chi connectivity index (χ4n) is 0.608. The predicted octanol–water partition coefficient (Wildman–Crippen LogP) is -0.931. The van der Waals surface area contributed by atoms with Gasteiger partial charge in [-0.05, 0) is 6.92 Å². The van der Waals surface area contributed by atoms with Gasteiger partial charge in [0.25, 0.3) is 0 Å². The molecule has 0 saturated carbocycles. The summed E-state index contributed by atoms with van der Waals surface area (Å²) in [5.41, 5.74) is 5.31. The zero-order valence-electron chi connectivity index (χ0n) is 7.66. The molecule has 0 rings (SSSR count). The molecule has 0 aliphatic heterocycles. The molecule has 5 heteroatoms. The van der Waals surface area contributed by atoms with Crippen LogP contribution in [0, 0.1) is 0 Å². The van der Waals surface area contributed by atoms with Crippen LogP contribution in [-0.4, -0.2) is 39.0 Å². The number of rotatable bonds is 5. The molecule has 1 atom stereocenters. The number of carbonyl (C=O) groups is 1. The van der Waals surface area contributed by atoms with E-state index in [1.807, 2.05) is 0 Å². The predicted molar refractivity (Wildman–Crippen MR) is 44.5 cm³/mol. The number of hydrogen-bond acceptors (Lipinski definition) is 4. The second-order valence-corrected chi connectivity index (χ2v) is 2.43. The van der Waals surface area contributed by atoms with Crippen molar-refractivity contribution in [2.24, 2.45) is 5.73 Å². The number of carbonyl (C=O) groups excluding carboxylic acids is 1. The standard InChI is InChI=1S/C7H16N2O3/c1-5(8)7(10)9-4-6(11-2)12-3/h5-6H,4,8H2,1-3H3,(H,9,10)/t5-/m0/s1. The van der Waals surface area contributed by atoms with Gasteiger partial charge in [0.2, 0.25) is 5.91 Å². The molecule has 0 aliphatic rings. The third-order valence-corrected chi connectivity index (χ3v) is 1.38. The van der Waals surface area contributed by atoms with Crippen molar-refractivity contribution in [2.75, 3.05) is 20.8 Å². The van der Waals surface area contributed by atoms with Crippen molar-refractivity contribution in [1.82, 2.24) is 5.32 Å². The SMILES string of the molecule is COC(CNC(=O)[C@H](C)N)OC. The van der Waals surface area contributed by atoms with Crippen LogP contribution in [0.4, 0.5) is 0 Å². The van der Waals surface area contributed by atoms with Crippen LogP contribution in [0.5, 0.6) is 0 Å². The number of ether oxygens (including phenoxy) is 2. The summed E-state index contributed by atoms with van der Waals surface area (Å²) >= 11 is 0. The van der Waals surface area contributed by atoms with Crippen LogP contribution in [0.2, 0.25) is 0 Å². The van der Waals surface area contributed by atoms with Crippen molar-refractivity contribution >= 4 is 5.91 Å². The van der Waals surface area contributed by atoms with Crippen molar-refractivity contribution in [3.8, 4) is 0 Å². The Morgan fingerprint density at radius 3 is 2.33 bits per heavy atom. The Morgan fingerprint density at radius 1 is 1.50 bits per heavy atom. The van der Waals surface area contributed by atoms with E-state index in [0.29, 0.717) is 6.54 Å². The van der Waals surface area contributed by atoms with E-state index in [2.05, 4.69) is 5.32 Å². The third kappa shape index (κ3) is 4.27. The van der Waals surface area contributed by atoms with Crippen LogP contribution in [-0.2, 0) is 14.3 Å².